The van der Waals surface area contributed by atoms with Crippen LogP contribution in [0.5, 0.6) is 5.75 Å². The average molecular weight is 603 g/mol. The Morgan fingerprint density at radius 3 is 2.26 bits per heavy atom. The predicted molar refractivity (Wildman–Crippen MR) is 157 cm³/mol. The highest BCUT2D eigenvalue weighted by molar-refractivity contribution is 8.18. The van der Waals surface area contributed by atoms with Gasteiger partial charge in [0.25, 0.3) is 5.91 Å². The Labute approximate surface area is 244 Å². The van der Waals surface area contributed by atoms with Crippen molar-refractivity contribution in [3.63, 3.8) is 0 Å². The lowest BCUT2D eigenvalue weighted by Crippen LogP contribution is -2.14. The highest BCUT2D eigenvalue weighted by Crippen LogP contribution is 2.41. The molecule has 0 aliphatic carbocycles. The molecule has 39 heavy (non-hydrogen) atoms. The van der Waals surface area contributed by atoms with Gasteiger partial charge in [-0.2, -0.15) is 0 Å². The monoisotopic (exact) mass is 601 g/mol. The van der Waals surface area contributed by atoms with E-state index in [1.807, 2.05) is 19.1 Å². The Morgan fingerprint density at radius 1 is 1.00 bits per heavy atom. The van der Waals surface area contributed by atoms with E-state index >= 15 is 0 Å². The minimum atomic E-state index is -0.789. The quantitative estimate of drug-likeness (QED) is 0.274. The molecule has 0 saturated carbocycles. The molecule has 3 aromatic carbocycles. The molecule has 10 heteroatoms. The zero-order chi connectivity index (χ0) is 28.1. The third kappa shape index (κ3) is 7.05. The van der Waals surface area contributed by atoms with Crippen molar-refractivity contribution in [2.24, 2.45) is 4.99 Å². The van der Waals surface area contributed by atoms with Gasteiger partial charge < -0.3 is 14.6 Å². The summed E-state index contributed by atoms with van der Waals surface area (Å²) in [4.78, 5) is 29.8. The lowest BCUT2D eigenvalue weighted by Gasteiger charge is -2.11. The van der Waals surface area contributed by atoms with Crippen molar-refractivity contribution < 1.29 is 24.2 Å². The van der Waals surface area contributed by atoms with Crippen molar-refractivity contribution in [2.45, 2.75) is 20.5 Å². The van der Waals surface area contributed by atoms with Gasteiger partial charge in [-0.05, 0) is 67.4 Å². The smallest absolute Gasteiger partial charge is 0.344 e. The van der Waals surface area contributed by atoms with Crippen LogP contribution in [-0.4, -0.2) is 28.6 Å². The Morgan fingerprint density at radius 2 is 1.64 bits per heavy atom. The standard InChI is InChI=1S/C29H22Cl3NO5S/c1-3-37-29(36)24-25(34)23(39-28(24)33-27(35)19-8-4-16(2)5-9-19)14-18-12-21(31)26(22(32)13-18)38-15-17-6-10-20(30)11-7-17/h4-14,34H,3,15H2,1-2H3/b23-14-,33-28?. The molecule has 4 rings (SSSR count). The lowest BCUT2D eigenvalue weighted by atomic mass is 10.1. The maximum absolute atomic E-state index is 12.8. The van der Waals surface area contributed by atoms with Crippen LogP contribution in [-0.2, 0) is 16.1 Å². The number of nitrogens with zero attached hydrogens (tertiary/aromatic N) is 1. The number of aryl methyl sites for hydroxylation is 1. The molecule has 6 nitrogen and oxygen atoms in total. The number of halogens is 3. The molecule has 1 aliphatic rings. The normalized spacial score (nSPS) is 15.2. The maximum atomic E-state index is 12.8. The van der Waals surface area contributed by atoms with Crippen molar-refractivity contribution >= 4 is 69.6 Å². The van der Waals surface area contributed by atoms with Crippen LogP contribution >= 0.6 is 46.6 Å². The molecule has 0 unspecified atom stereocenters. The van der Waals surface area contributed by atoms with Gasteiger partial charge >= 0.3 is 5.97 Å². The Kier molecular flexibility index (Phi) is 9.40. The number of aliphatic imine (C=N–C) groups is 1. The van der Waals surface area contributed by atoms with E-state index in [4.69, 9.17) is 44.3 Å². The summed E-state index contributed by atoms with van der Waals surface area (Å²) in [5.74, 6) is -1.40. The Hall–Kier alpha value is -3.23. The summed E-state index contributed by atoms with van der Waals surface area (Å²) in [5, 5.41) is 12.1. The molecule has 3 aromatic rings. The molecule has 0 atom stereocenters. The van der Waals surface area contributed by atoms with Crippen LogP contribution in [0.2, 0.25) is 15.1 Å². The first kappa shape index (κ1) is 28.8. The lowest BCUT2D eigenvalue weighted by molar-refractivity contribution is -0.138. The van der Waals surface area contributed by atoms with Crippen LogP contribution < -0.4 is 4.74 Å². The number of amides is 1. The van der Waals surface area contributed by atoms with Gasteiger partial charge in [-0.15, -0.1) is 0 Å². The van der Waals surface area contributed by atoms with Crippen LogP contribution in [0, 0.1) is 6.92 Å². The van der Waals surface area contributed by atoms with E-state index in [1.54, 1.807) is 61.5 Å². The molecular weight excluding hydrogens is 581 g/mol. The minimum Gasteiger partial charge on any atom is -0.506 e. The number of hydrogen-bond acceptors (Lipinski definition) is 6. The van der Waals surface area contributed by atoms with E-state index in [-0.39, 0.29) is 44.5 Å². The van der Waals surface area contributed by atoms with Gasteiger partial charge in [0, 0.05) is 10.6 Å². The second kappa shape index (κ2) is 12.7. The van der Waals surface area contributed by atoms with Gasteiger partial charge in [-0.1, -0.05) is 76.4 Å². The zero-order valence-electron chi connectivity index (χ0n) is 20.8. The number of benzene rings is 3. The van der Waals surface area contributed by atoms with Gasteiger partial charge in [-0.3, -0.25) is 4.79 Å². The number of rotatable bonds is 7. The van der Waals surface area contributed by atoms with Gasteiger partial charge in [0.1, 0.15) is 23.0 Å². The molecule has 1 aliphatic heterocycles. The summed E-state index contributed by atoms with van der Waals surface area (Å²) in [6.07, 6.45) is 1.58. The molecule has 0 saturated heterocycles. The van der Waals surface area contributed by atoms with Crippen LogP contribution in [0.3, 0.4) is 0 Å². The Bertz CT molecular complexity index is 1490. The van der Waals surface area contributed by atoms with Crippen molar-refractivity contribution in [2.75, 3.05) is 6.61 Å². The Balaban J connectivity index is 1.62. The fraction of sp³-hybridized carbons (Fsp3) is 0.138. The van der Waals surface area contributed by atoms with E-state index < -0.39 is 11.9 Å². The first-order valence-corrected chi connectivity index (χ1v) is 13.7. The molecule has 1 N–H and O–H groups in total. The SMILES string of the molecule is CCOC(=O)C1=C(O)/C(=C/c2cc(Cl)c(OCc3ccc(Cl)cc3)c(Cl)c2)SC1=NC(=O)c1ccc(C)cc1. The number of carbonyl (C=O) groups is 2. The largest absolute Gasteiger partial charge is 0.506 e. The average Bonchev–Trinajstić information content (AvgIpc) is 3.19. The predicted octanol–water partition coefficient (Wildman–Crippen LogP) is 8.24. The number of esters is 1. The molecule has 0 aromatic heterocycles. The molecular formula is C29H22Cl3NO5S. The summed E-state index contributed by atoms with van der Waals surface area (Å²) in [6, 6.07) is 17.3. The maximum Gasteiger partial charge on any atom is 0.344 e. The zero-order valence-corrected chi connectivity index (χ0v) is 23.9. The van der Waals surface area contributed by atoms with Gasteiger partial charge in [0.2, 0.25) is 0 Å². The van der Waals surface area contributed by atoms with Crippen molar-refractivity contribution in [1.29, 1.82) is 0 Å². The summed E-state index contributed by atoms with van der Waals surface area (Å²) < 4.78 is 10.9. The van der Waals surface area contributed by atoms with Crippen molar-refractivity contribution in [1.82, 2.24) is 0 Å². The van der Waals surface area contributed by atoms with E-state index in [0.29, 0.717) is 21.9 Å². The van der Waals surface area contributed by atoms with E-state index in [2.05, 4.69) is 4.99 Å². The highest BCUT2D eigenvalue weighted by Gasteiger charge is 2.34. The summed E-state index contributed by atoms with van der Waals surface area (Å²) in [6.45, 7) is 3.86. The second-order valence-electron chi connectivity index (χ2n) is 8.37. The molecule has 200 valence electrons. The van der Waals surface area contributed by atoms with E-state index in [0.717, 1.165) is 22.9 Å². The summed E-state index contributed by atoms with van der Waals surface area (Å²) >= 11 is 19.8. The number of carbonyl (C=O) groups excluding carboxylic acids is 2. The molecule has 0 radical (unpaired) electrons. The highest BCUT2D eigenvalue weighted by atomic mass is 35.5. The van der Waals surface area contributed by atoms with Crippen LogP contribution in [0.15, 0.2) is 81.9 Å². The third-order valence-corrected chi connectivity index (χ3v) is 7.32. The summed E-state index contributed by atoms with van der Waals surface area (Å²) in [5.41, 5.74) is 2.57. The number of aliphatic hydroxyl groups is 1. The minimum absolute atomic E-state index is 0.0305. The van der Waals surface area contributed by atoms with Gasteiger partial charge in [0.15, 0.2) is 5.75 Å². The second-order valence-corrected chi connectivity index (χ2v) is 10.7. The first-order valence-electron chi connectivity index (χ1n) is 11.7. The van der Waals surface area contributed by atoms with E-state index in [9.17, 15) is 14.7 Å². The topological polar surface area (TPSA) is 85.2 Å². The number of thioether (sulfide) groups is 1. The fourth-order valence-electron chi connectivity index (χ4n) is 3.53. The van der Waals surface area contributed by atoms with Crippen molar-refractivity contribution in [3.8, 4) is 5.75 Å². The van der Waals surface area contributed by atoms with Gasteiger partial charge in [-0.25, -0.2) is 9.79 Å². The summed E-state index contributed by atoms with van der Waals surface area (Å²) in [7, 11) is 0. The third-order valence-electron chi connectivity index (χ3n) is 5.49. The first-order chi connectivity index (χ1) is 18.7. The number of hydrogen-bond donors (Lipinski definition) is 1. The van der Waals surface area contributed by atoms with Crippen LogP contribution in [0.25, 0.3) is 6.08 Å². The molecule has 1 heterocycles. The van der Waals surface area contributed by atoms with Crippen LogP contribution in [0.1, 0.15) is 34.0 Å². The molecule has 0 fully saturated rings. The van der Waals surface area contributed by atoms with Crippen LogP contribution in [0.4, 0.5) is 0 Å². The van der Waals surface area contributed by atoms with Gasteiger partial charge in [0.05, 0.1) is 21.6 Å². The fourth-order valence-corrected chi connectivity index (χ4v) is 5.28. The molecule has 1 amide bonds. The van der Waals surface area contributed by atoms with Crippen molar-refractivity contribution in [3.05, 3.63) is 114 Å². The number of aliphatic hydroxyl groups excluding tert-OH is 1. The van der Waals surface area contributed by atoms with E-state index in [1.165, 1.54) is 0 Å². The molecule has 0 bridgehead atoms. The number of ether oxygens (including phenoxy) is 2. The molecule has 0 spiro atoms.